The van der Waals surface area contributed by atoms with E-state index in [0.717, 1.165) is 18.0 Å². The molecule has 1 aromatic rings. The summed E-state index contributed by atoms with van der Waals surface area (Å²) in [5, 5.41) is 7.00. The fraction of sp³-hybridized carbons (Fsp3) is 0.700. The molecule has 23 heavy (non-hydrogen) atoms. The molecular weight excluding hydrogens is 282 g/mol. The molecule has 1 aromatic carbocycles. The second kappa shape index (κ2) is 7.33. The van der Waals surface area contributed by atoms with Gasteiger partial charge in [0, 0.05) is 18.6 Å². The van der Waals surface area contributed by atoms with E-state index in [2.05, 4.69) is 39.8 Å². The molecule has 0 radical (unpaired) electrons. The quantitative estimate of drug-likeness (QED) is 0.894. The van der Waals surface area contributed by atoms with Crippen molar-refractivity contribution in [3.05, 3.63) is 35.4 Å². The highest BCUT2D eigenvalue weighted by molar-refractivity contribution is 5.26. The molecule has 0 amide bonds. The number of hydrogen-bond donors (Lipinski definition) is 2. The number of hydrogen-bond acceptors (Lipinski definition) is 3. The highest BCUT2D eigenvalue weighted by Gasteiger charge is 2.32. The van der Waals surface area contributed by atoms with Crippen molar-refractivity contribution in [2.24, 2.45) is 0 Å². The van der Waals surface area contributed by atoms with Gasteiger partial charge in [-0.3, -0.25) is 4.90 Å². The Bertz CT molecular complexity index is 486. The van der Waals surface area contributed by atoms with E-state index in [-0.39, 0.29) is 0 Å². The average molecular weight is 313 g/mol. The van der Waals surface area contributed by atoms with Crippen LogP contribution in [-0.4, -0.2) is 49.7 Å². The minimum atomic E-state index is 0.768. The van der Waals surface area contributed by atoms with E-state index >= 15 is 0 Å². The Balaban J connectivity index is 1.38. The zero-order valence-electron chi connectivity index (χ0n) is 14.3. The number of nitrogens with one attached hydrogen (secondary N) is 2. The molecule has 2 unspecified atom stereocenters. The zero-order valence-corrected chi connectivity index (χ0v) is 14.3. The first-order valence-electron chi connectivity index (χ1n) is 9.66. The van der Waals surface area contributed by atoms with Gasteiger partial charge in [-0.25, -0.2) is 0 Å². The average Bonchev–Trinajstić information content (AvgIpc) is 3.27. The third-order valence-electron chi connectivity index (χ3n) is 6.19. The van der Waals surface area contributed by atoms with Crippen molar-refractivity contribution >= 4 is 0 Å². The summed E-state index contributed by atoms with van der Waals surface area (Å²) in [6, 6.07) is 11.2. The van der Waals surface area contributed by atoms with Gasteiger partial charge in [-0.1, -0.05) is 24.3 Å². The number of rotatable bonds is 4. The molecule has 126 valence electrons. The predicted molar refractivity (Wildman–Crippen MR) is 96.0 cm³/mol. The summed E-state index contributed by atoms with van der Waals surface area (Å²) in [7, 11) is 0. The number of likely N-dealkylation sites (tertiary alicyclic amines) is 1. The molecule has 0 aromatic heterocycles. The maximum atomic E-state index is 3.53. The molecule has 0 bridgehead atoms. The van der Waals surface area contributed by atoms with Gasteiger partial charge in [0.2, 0.25) is 0 Å². The normalized spacial score (nSPS) is 30.1. The van der Waals surface area contributed by atoms with E-state index in [9.17, 15) is 0 Å². The van der Waals surface area contributed by atoms with Crippen LogP contribution in [0.25, 0.3) is 0 Å². The first-order chi connectivity index (χ1) is 11.4. The fourth-order valence-electron chi connectivity index (χ4n) is 4.83. The Morgan fingerprint density at radius 3 is 2.43 bits per heavy atom. The summed E-state index contributed by atoms with van der Waals surface area (Å²) in [6.45, 7) is 6.08. The van der Waals surface area contributed by atoms with Crippen LogP contribution in [0.4, 0.5) is 0 Å². The topological polar surface area (TPSA) is 27.3 Å². The van der Waals surface area contributed by atoms with E-state index in [1.165, 1.54) is 76.8 Å². The van der Waals surface area contributed by atoms with Crippen LogP contribution < -0.4 is 10.6 Å². The first kappa shape index (κ1) is 15.6. The van der Waals surface area contributed by atoms with Gasteiger partial charge in [0.1, 0.15) is 0 Å². The van der Waals surface area contributed by atoms with Gasteiger partial charge in [-0.2, -0.15) is 0 Å². The van der Waals surface area contributed by atoms with Gasteiger partial charge in [-0.05, 0) is 81.7 Å². The summed E-state index contributed by atoms with van der Waals surface area (Å²) >= 11 is 0. The summed E-state index contributed by atoms with van der Waals surface area (Å²) < 4.78 is 0. The molecule has 3 heteroatoms. The van der Waals surface area contributed by atoms with Crippen LogP contribution in [0, 0.1) is 0 Å². The third-order valence-corrected chi connectivity index (χ3v) is 6.19. The van der Waals surface area contributed by atoms with Crippen LogP contribution in [0.15, 0.2) is 24.3 Å². The summed E-state index contributed by atoms with van der Waals surface area (Å²) in [6.07, 6.45) is 7.93. The molecule has 0 aliphatic carbocycles. The Morgan fingerprint density at radius 1 is 0.913 bits per heavy atom. The Kier molecular flexibility index (Phi) is 4.98. The molecule has 3 saturated heterocycles. The number of piperidine rings is 1. The van der Waals surface area contributed by atoms with E-state index in [1.807, 2.05) is 0 Å². The van der Waals surface area contributed by atoms with Crippen LogP contribution in [-0.2, 0) is 6.42 Å². The second-order valence-corrected chi connectivity index (χ2v) is 7.65. The largest absolute Gasteiger partial charge is 0.317 e. The van der Waals surface area contributed by atoms with Crippen molar-refractivity contribution in [2.45, 2.75) is 56.5 Å². The Morgan fingerprint density at radius 2 is 1.70 bits per heavy atom. The molecule has 0 spiro atoms. The molecule has 4 rings (SSSR count). The van der Waals surface area contributed by atoms with Gasteiger partial charge in [0.25, 0.3) is 0 Å². The van der Waals surface area contributed by atoms with Gasteiger partial charge in [0.05, 0.1) is 0 Å². The lowest BCUT2D eigenvalue weighted by Gasteiger charge is -2.30. The number of benzene rings is 1. The van der Waals surface area contributed by atoms with Crippen LogP contribution in [0.3, 0.4) is 0 Å². The monoisotopic (exact) mass is 313 g/mol. The maximum Gasteiger partial charge on any atom is 0.0235 e. The molecule has 2 N–H and O–H groups in total. The van der Waals surface area contributed by atoms with Gasteiger partial charge >= 0.3 is 0 Å². The van der Waals surface area contributed by atoms with Crippen molar-refractivity contribution < 1.29 is 0 Å². The standard InChI is InChI=1S/C20H31N3/c1-2-19(23(13-1)20-9-12-22-15-20)14-16-3-5-17(6-4-16)18-7-10-21-11-8-18/h3-6,18-22H,1-2,7-15H2. The highest BCUT2D eigenvalue weighted by atomic mass is 15.2. The zero-order chi connectivity index (χ0) is 15.5. The molecule has 3 aliphatic rings. The van der Waals surface area contributed by atoms with Gasteiger partial charge in [0.15, 0.2) is 0 Å². The highest BCUT2D eigenvalue weighted by Crippen LogP contribution is 2.28. The summed E-state index contributed by atoms with van der Waals surface area (Å²) in [5.41, 5.74) is 3.09. The van der Waals surface area contributed by atoms with E-state index in [0.29, 0.717) is 0 Å². The Hall–Kier alpha value is -0.900. The third kappa shape index (κ3) is 3.62. The molecule has 3 heterocycles. The molecule has 3 aliphatic heterocycles. The SMILES string of the molecule is c1cc(C2CCNCC2)ccc1CC1CCCN1C1CCNC1. The van der Waals surface area contributed by atoms with Crippen molar-refractivity contribution in [1.82, 2.24) is 15.5 Å². The lowest BCUT2D eigenvalue weighted by Crippen LogP contribution is -2.41. The minimum Gasteiger partial charge on any atom is -0.317 e. The molecule has 0 saturated carbocycles. The predicted octanol–water partition coefficient (Wildman–Crippen LogP) is 2.52. The molecule has 3 nitrogen and oxygen atoms in total. The van der Waals surface area contributed by atoms with E-state index in [4.69, 9.17) is 0 Å². The first-order valence-corrected chi connectivity index (χ1v) is 9.66. The van der Waals surface area contributed by atoms with Crippen LogP contribution >= 0.6 is 0 Å². The van der Waals surface area contributed by atoms with Crippen molar-refractivity contribution in [1.29, 1.82) is 0 Å². The summed E-state index contributed by atoms with van der Waals surface area (Å²) in [5.74, 6) is 0.776. The van der Waals surface area contributed by atoms with Crippen LogP contribution in [0.1, 0.15) is 49.1 Å². The lowest BCUT2D eigenvalue weighted by atomic mass is 9.89. The van der Waals surface area contributed by atoms with Crippen molar-refractivity contribution in [3.8, 4) is 0 Å². The summed E-state index contributed by atoms with van der Waals surface area (Å²) in [4.78, 5) is 2.79. The smallest absolute Gasteiger partial charge is 0.0235 e. The Labute approximate surface area is 140 Å². The second-order valence-electron chi connectivity index (χ2n) is 7.65. The van der Waals surface area contributed by atoms with Crippen molar-refractivity contribution in [3.63, 3.8) is 0 Å². The van der Waals surface area contributed by atoms with Gasteiger partial charge < -0.3 is 10.6 Å². The minimum absolute atomic E-state index is 0.768. The molecule has 3 fully saturated rings. The van der Waals surface area contributed by atoms with Crippen LogP contribution in [0.2, 0.25) is 0 Å². The fourth-order valence-corrected chi connectivity index (χ4v) is 4.83. The van der Waals surface area contributed by atoms with Crippen LogP contribution in [0.5, 0.6) is 0 Å². The lowest BCUT2D eigenvalue weighted by molar-refractivity contribution is 0.190. The molecular formula is C20H31N3. The number of nitrogens with zero attached hydrogens (tertiary/aromatic N) is 1. The van der Waals surface area contributed by atoms with E-state index < -0.39 is 0 Å². The van der Waals surface area contributed by atoms with Crippen molar-refractivity contribution in [2.75, 3.05) is 32.7 Å². The maximum absolute atomic E-state index is 3.53. The molecule has 2 atom stereocenters. The van der Waals surface area contributed by atoms with Gasteiger partial charge in [-0.15, -0.1) is 0 Å². The van der Waals surface area contributed by atoms with E-state index in [1.54, 1.807) is 5.56 Å².